The highest BCUT2D eigenvalue weighted by Gasteiger charge is 2.42. The van der Waals surface area contributed by atoms with Crippen molar-refractivity contribution >= 4 is 52.5 Å². The molecule has 2 aromatic rings. The zero-order valence-electron chi connectivity index (χ0n) is 19.2. The Morgan fingerprint density at radius 2 is 1.87 bits per heavy atom. The Morgan fingerprint density at radius 3 is 2.55 bits per heavy atom. The number of anilines is 2. The maximum absolute atomic E-state index is 12.8. The van der Waals surface area contributed by atoms with E-state index in [4.69, 9.17) is 16.3 Å². The van der Waals surface area contributed by atoms with Crippen molar-refractivity contribution in [3.63, 3.8) is 0 Å². The largest absolute Gasteiger partial charge is 0.484 e. The Balaban J connectivity index is 1.34. The molecule has 14 heteroatoms. The van der Waals surface area contributed by atoms with Gasteiger partial charge in [0.05, 0.1) is 10.6 Å². The molecule has 10 nitrogen and oxygen atoms in total. The van der Waals surface area contributed by atoms with Crippen LogP contribution in [-0.2, 0) is 30.1 Å². The Kier molecular flexibility index (Phi) is 7.39. The molecule has 0 saturated carbocycles. The zero-order valence-corrected chi connectivity index (χ0v) is 20.0. The van der Waals surface area contributed by atoms with Crippen molar-refractivity contribution in [3.8, 4) is 5.75 Å². The number of benzene rings is 2. The van der Waals surface area contributed by atoms with Crippen molar-refractivity contribution in [2.45, 2.75) is 25.1 Å². The fraction of sp³-hybridized carbons (Fsp3) is 0.208. The molecule has 4 rings (SSSR count). The van der Waals surface area contributed by atoms with Crippen LogP contribution in [0.25, 0.3) is 0 Å². The summed E-state index contributed by atoms with van der Waals surface area (Å²) in [5.41, 5.74) is -0.761. The highest BCUT2D eigenvalue weighted by Crippen LogP contribution is 2.35. The molecule has 0 bridgehead atoms. The number of alkyl halides is 3. The van der Waals surface area contributed by atoms with Crippen molar-refractivity contribution in [3.05, 3.63) is 64.8 Å². The lowest BCUT2D eigenvalue weighted by molar-refractivity contribution is -0.149. The molecule has 1 atom stereocenters. The summed E-state index contributed by atoms with van der Waals surface area (Å²) >= 11 is 5.65. The SMILES string of the molecule is O=C1CCC(N2C(=O)C=C(Nc3cccc(OCC(=O)Nc4ccc(C(F)(F)F)c(Cl)c4)c3)C2=O)C(=O)N1. The molecule has 0 aromatic heterocycles. The number of carbonyl (C=O) groups is 5. The monoisotopic (exact) mass is 550 g/mol. The standard InChI is InChI=1S/C24H18ClF3N4O6/c25-16-9-13(4-5-15(16)24(26,27)28)30-20(34)11-38-14-3-1-2-12(8-14)29-17-10-21(35)32(23(17)37)18-6-7-19(33)31-22(18)36/h1-5,8-10,18,29H,6-7,11H2,(H,30,34)(H,31,33,36). The van der Waals surface area contributed by atoms with Crippen LogP contribution < -0.4 is 20.7 Å². The first kappa shape index (κ1) is 26.7. The lowest BCUT2D eigenvalue weighted by atomic mass is 10.0. The third kappa shape index (κ3) is 5.94. The molecule has 198 valence electrons. The maximum Gasteiger partial charge on any atom is 0.417 e. The Hall–Kier alpha value is -4.39. The summed E-state index contributed by atoms with van der Waals surface area (Å²) in [6.07, 6.45) is -3.58. The van der Waals surface area contributed by atoms with E-state index in [-0.39, 0.29) is 30.0 Å². The van der Waals surface area contributed by atoms with Gasteiger partial charge in [0.15, 0.2) is 6.61 Å². The Bertz CT molecular complexity index is 1380. The van der Waals surface area contributed by atoms with E-state index in [1.807, 2.05) is 0 Å². The van der Waals surface area contributed by atoms with Crippen LogP contribution in [0, 0.1) is 0 Å². The van der Waals surface area contributed by atoms with Gasteiger partial charge in [0.1, 0.15) is 17.5 Å². The number of halogens is 4. The van der Waals surface area contributed by atoms with Crippen LogP contribution in [0.5, 0.6) is 5.75 Å². The summed E-state index contributed by atoms with van der Waals surface area (Å²) in [4.78, 5) is 61.6. The van der Waals surface area contributed by atoms with Gasteiger partial charge in [-0.1, -0.05) is 17.7 Å². The van der Waals surface area contributed by atoms with Crippen molar-refractivity contribution in [2.75, 3.05) is 17.2 Å². The van der Waals surface area contributed by atoms with E-state index in [0.29, 0.717) is 5.69 Å². The number of hydrogen-bond donors (Lipinski definition) is 3. The molecule has 38 heavy (non-hydrogen) atoms. The number of piperidine rings is 1. The number of imide groups is 2. The third-order valence-corrected chi connectivity index (χ3v) is 5.83. The van der Waals surface area contributed by atoms with E-state index in [1.54, 1.807) is 12.1 Å². The van der Waals surface area contributed by atoms with Crippen molar-refractivity contribution < 1.29 is 41.9 Å². The van der Waals surface area contributed by atoms with E-state index in [1.165, 1.54) is 12.1 Å². The molecule has 1 unspecified atom stereocenters. The second-order valence-electron chi connectivity index (χ2n) is 8.22. The van der Waals surface area contributed by atoms with Gasteiger partial charge in [-0.3, -0.25) is 34.2 Å². The van der Waals surface area contributed by atoms with Crippen molar-refractivity contribution in [1.29, 1.82) is 0 Å². The van der Waals surface area contributed by atoms with E-state index in [2.05, 4.69) is 16.0 Å². The van der Waals surface area contributed by atoms with Crippen LogP contribution in [0.15, 0.2) is 54.2 Å². The van der Waals surface area contributed by atoms with Gasteiger partial charge in [-0.2, -0.15) is 13.2 Å². The highest BCUT2D eigenvalue weighted by atomic mass is 35.5. The summed E-state index contributed by atoms with van der Waals surface area (Å²) in [6, 6.07) is 7.74. The van der Waals surface area contributed by atoms with Crippen molar-refractivity contribution in [2.24, 2.45) is 0 Å². The van der Waals surface area contributed by atoms with Crippen LogP contribution in [0.3, 0.4) is 0 Å². The molecule has 0 spiro atoms. The van der Waals surface area contributed by atoms with Gasteiger partial charge in [0, 0.05) is 29.9 Å². The predicted octanol–water partition coefficient (Wildman–Crippen LogP) is 2.85. The van der Waals surface area contributed by atoms with Crippen LogP contribution in [0.1, 0.15) is 18.4 Å². The minimum Gasteiger partial charge on any atom is -0.484 e. The molecule has 0 aliphatic carbocycles. The summed E-state index contributed by atoms with van der Waals surface area (Å²) in [6.45, 7) is -0.495. The Labute approximate surface area is 217 Å². The normalized spacial score (nSPS) is 17.7. The molecular weight excluding hydrogens is 533 g/mol. The van der Waals surface area contributed by atoms with E-state index < -0.39 is 58.9 Å². The minimum absolute atomic E-state index is 0.00486. The van der Waals surface area contributed by atoms with Crippen LogP contribution in [0.2, 0.25) is 5.02 Å². The second-order valence-corrected chi connectivity index (χ2v) is 8.63. The maximum atomic E-state index is 12.8. The number of nitrogens with zero attached hydrogens (tertiary/aromatic N) is 1. The van der Waals surface area contributed by atoms with Crippen LogP contribution in [0.4, 0.5) is 24.5 Å². The number of nitrogens with one attached hydrogen (secondary N) is 3. The molecule has 5 amide bonds. The van der Waals surface area contributed by atoms with Gasteiger partial charge < -0.3 is 15.4 Å². The molecular formula is C24H18ClF3N4O6. The summed E-state index contributed by atoms with van der Waals surface area (Å²) in [5, 5.41) is 6.68. The van der Waals surface area contributed by atoms with Gasteiger partial charge in [-0.25, -0.2) is 0 Å². The van der Waals surface area contributed by atoms with E-state index in [0.717, 1.165) is 29.2 Å². The quantitative estimate of drug-likeness (QED) is 0.451. The number of carbonyl (C=O) groups excluding carboxylic acids is 5. The summed E-state index contributed by atoms with van der Waals surface area (Å²) < 4.78 is 43.9. The number of hydrogen-bond acceptors (Lipinski definition) is 7. The van der Waals surface area contributed by atoms with Crippen LogP contribution >= 0.6 is 11.6 Å². The second kappa shape index (κ2) is 10.5. The summed E-state index contributed by atoms with van der Waals surface area (Å²) in [5.74, 6) is -3.13. The van der Waals surface area contributed by atoms with Gasteiger partial charge >= 0.3 is 6.18 Å². The minimum atomic E-state index is -4.63. The highest BCUT2D eigenvalue weighted by molar-refractivity contribution is 6.31. The smallest absolute Gasteiger partial charge is 0.417 e. The topological polar surface area (TPSA) is 134 Å². The van der Waals surface area contributed by atoms with Gasteiger partial charge in [-0.15, -0.1) is 0 Å². The molecule has 2 aliphatic heterocycles. The molecule has 1 saturated heterocycles. The molecule has 3 N–H and O–H groups in total. The first-order valence-corrected chi connectivity index (χ1v) is 11.4. The molecule has 2 aromatic carbocycles. The first-order chi connectivity index (χ1) is 17.9. The van der Waals surface area contributed by atoms with Gasteiger partial charge in [0.25, 0.3) is 17.7 Å². The third-order valence-electron chi connectivity index (χ3n) is 5.52. The lowest BCUT2D eigenvalue weighted by Crippen LogP contribution is -2.54. The Morgan fingerprint density at radius 1 is 1.11 bits per heavy atom. The van der Waals surface area contributed by atoms with Gasteiger partial charge in [0.2, 0.25) is 11.8 Å². The van der Waals surface area contributed by atoms with Crippen molar-refractivity contribution in [1.82, 2.24) is 10.2 Å². The molecule has 1 fully saturated rings. The average molecular weight is 551 g/mol. The average Bonchev–Trinajstić information content (AvgIpc) is 3.10. The van der Waals surface area contributed by atoms with Crippen LogP contribution in [-0.4, -0.2) is 47.1 Å². The number of rotatable bonds is 7. The van der Waals surface area contributed by atoms with E-state index in [9.17, 15) is 37.1 Å². The first-order valence-electron chi connectivity index (χ1n) is 11.0. The summed E-state index contributed by atoms with van der Waals surface area (Å²) in [7, 11) is 0. The molecule has 2 aliphatic rings. The lowest BCUT2D eigenvalue weighted by Gasteiger charge is -2.28. The van der Waals surface area contributed by atoms with Gasteiger partial charge in [-0.05, 0) is 36.8 Å². The predicted molar refractivity (Wildman–Crippen MR) is 127 cm³/mol. The fourth-order valence-electron chi connectivity index (χ4n) is 3.79. The fourth-order valence-corrected chi connectivity index (χ4v) is 4.07. The molecule has 0 radical (unpaired) electrons. The number of ether oxygens (including phenoxy) is 1. The zero-order chi connectivity index (χ0) is 27.6. The van der Waals surface area contributed by atoms with E-state index >= 15 is 0 Å². The molecule has 2 heterocycles. The number of amides is 5.